The van der Waals surface area contributed by atoms with E-state index in [1.54, 1.807) is 0 Å². The largest absolute Gasteiger partial charge is 0.366 e. The van der Waals surface area contributed by atoms with Crippen molar-refractivity contribution >= 4 is 0 Å². The second-order valence-electron chi connectivity index (χ2n) is 2.56. The van der Waals surface area contributed by atoms with Crippen LogP contribution in [0.1, 0.15) is 26.7 Å². The molecule has 0 unspecified atom stereocenters. The Balaban J connectivity index is 3.00. The van der Waals surface area contributed by atoms with Crippen molar-refractivity contribution in [2.24, 2.45) is 0 Å². The van der Waals surface area contributed by atoms with Gasteiger partial charge in [-0.25, -0.2) is 0 Å². The van der Waals surface area contributed by atoms with Crippen LogP contribution in [0.2, 0.25) is 0 Å². The van der Waals surface area contributed by atoms with Crippen LogP contribution in [0, 0.1) is 0 Å². The first-order chi connectivity index (χ1) is 4.81. The molecular formula is C8H19NO. The van der Waals surface area contributed by atoms with E-state index in [0.29, 0.717) is 0 Å². The van der Waals surface area contributed by atoms with E-state index in [4.69, 9.17) is 4.74 Å². The lowest BCUT2D eigenvalue weighted by Crippen LogP contribution is -2.22. The van der Waals surface area contributed by atoms with Crippen LogP contribution in [0.3, 0.4) is 0 Å². The second-order valence-corrected chi connectivity index (χ2v) is 2.56. The van der Waals surface area contributed by atoms with Crippen LogP contribution in [0.5, 0.6) is 0 Å². The fourth-order valence-corrected chi connectivity index (χ4v) is 0.740. The molecule has 0 aliphatic heterocycles. The Hall–Kier alpha value is -0.0800. The number of unbranched alkanes of at least 4 members (excludes halogenated alkanes) is 1. The summed E-state index contributed by atoms with van der Waals surface area (Å²) in [5.74, 6) is 0. The highest BCUT2D eigenvalue weighted by molar-refractivity contribution is 4.43. The molecule has 62 valence electrons. The average Bonchev–Trinajstić information content (AvgIpc) is 1.97. The maximum Gasteiger partial charge on any atom is 0.0987 e. The monoisotopic (exact) mass is 144 g/mol. The van der Waals surface area contributed by atoms with Gasteiger partial charge in [-0.05, 0) is 26.9 Å². The van der Waals surface area contributed by atoms with Crippen LogP contribution in [-0.4, -0.2) is 31.8 Å². The zero-order chi connectivity index (χ0) is 7.82. The third kappa shape index (κ3) is 6.05. The first-order valence-corrected chi connectivity index (χ1v) is 4.07. The molecule has 0 saturated carbocycles. The van der Waals surface area contributed by atoms with Crippen LogP contribution in [0.15, 0.2) is 0 Å². The molecule has 0 aromatic carbocycles. The lowest BCUT2D eigenvalue weighted by atomic mass is 10.2. The molecule has 0 spiro atoms. The Kier molecular flexibility index (Phi) is 6.98. The van der Waals surface area contributed by atoms with Crippen molar-refractivity contribution in [3.05, 3.63) is 0 Å². The molecule has 2 heteroatoms. The smallest absolute Gasteiger partial charge is 0.0987 e. The normalized spacial score (nSPS) is 10.8. The van der Waals surface area contributed by atoms with Gasteiger partial charge in [0.05, 0.1) is 6.73 Å². The van der Waals surface area contributed by atoms with Gasteiger partial charge >= 0.3 is 0 Å². The summed E-state index contributed by atoms with van der Waals surface area (Å²) in [6.45, 7) is 6.96. The predicted molar refractivity (Wildman–Crippen MR) is 44.0 cm³/mol. The first-order valence-electron chi connectivity index (χ1n) is 4.07. The van der Waals surface area contributed by atoms with Crippen molar-refractivity contribution in [3.8, 4) is 0 Å². The lowest BCUT2D eigenvalue weighted by molar-refractivity contribution is 0.0502. The number of nitrogens with zero attached hydrogens (tertiary/aromatic N) is 1. The van der Waals surface area contributed by atoms with Gasteiger partial charge in [0.25, 0.3) is 0 Å². The molecule has 10 heavy (non-hydrogen) atoms. The van der Waals surface area contributed by atoms with Gasteiger partial charge in [-0.3, -0.25) is 4.90 Å². The quantitative estimate of drug-likeness (QED) is 0.526. The van der Waals surface area contributed by atoms with Gasteiger partial charge in [0.1, 0.15) is 0 Å². The van der Waals surface area contributed by atoms with E-state index in [-0.39, 0.29) is 0 Å². The van der Waals surface area contributed by atoms with E-state index < -0.39 is 0 Å². The summed E-state index contributed by atoms with van der Waals surface area (Å²) < 4.78 is 5.22. The van der Waals surface area contributed by atoms with E-state index in [9.17, 15) is 0 Å². The molecule has 0 N–H and O–H groups in total. The standard InChI is InChI=1S/C8H19NO/c1-4-6-7-9(3)8-10-5-2/h4-8H2,1-3H3/i8-1. The minimum absolute atomic E-state index is 0.774. The van der Waals surface area contributed by atoms with Crippen molar-refractivity contribution in [2.75, 3.05) is 26.9 Å². The highest BCUT2D eigenvalue weighted by Gasteiger charge is 1.94. The van der Waals surface area contributed by atoms with Crippen molar-refractivity contribution in [1.82, 2.24) is 4.90 Å². The molecule has 0 amide bonds. The van der Waals surface area contributed by atoms with Crippen molar-refractivity contribution in [2.45, 2.75) is 26.7 Å². The third-order valence-electron chi connectivity index (χ3n) is 1.41. The summed E-state index contributed by atoms with van der Waals surface area (Å²) in [7, 11) is 2.09. The third-order valence-corrected chi connectivity index (χ3v) is 1.41. The molecule has 0 fully saturated rings. The van der Waals surface area contributed by atoms with E-state index in [1.165, 1.54) is 12.8 Å². The van der Waals surface area contributed by atoms with Crippen molar-refractivity contribution in [3.63, 3.8) is 0 Å². The lowest BCUT2D eigenvalue weighted by Gasteiger charge is -2.14. The van der Waals surface area contributed by atoms with Gasteiger partial charge in [0.2, 0.25) is 0 Å². The molecule has 0 aromatic heterocycles. The Morgan fingerprint density at radius 2 is 2.00 bits per heavy atom. The number of hydrogen-bond acceptors (Lipinski definition) is 2. The van der Waals surface area contributed by atoms with Gasteiger partial charge < -0.3 is 4.74 Å². The minimum Gasteiger partial charge on any atom is -0.366 e. The van der Waals surface area contributed by atoms with Gasteiger partial charge in [0.15, 0.2) is 0 Å². The number of hydrogen-bond donors (Lipinski definition) is 0. The van der Waals surface area contributed by atoms with E-state index in [2.05, 4.69) is 18.9 Å². The minimum atomic E-state index is 0.774. The molecule has 0 atom stereocenters. The van der Waals surface area contributed by atoms with E-state index in [1.807, 2.05) is 6.92 Å². The SMILES string of the molecule is CCCCN(C)[11CH2]OCC. The molecule has 0 aliphatic rings. The van der Waals surface area contributed by atoms with E-state index >= 15 is 0 Å². The fraction of sp³-hybridized carbons (Fsp3) is 1.00. The molecule has 0 aromatic rings. The van der Waals surface area contributed by atoms with Crippen LogP contribution in [0.25, 0.3) is 0 Å². The average molecular weight is 144 g/mol. The van der Waals surface area contributed by atoms with E-state index in [0.717, 1.165) is 19.9 Å². The maximum atomic E-state index is 5.22. The topological polar surface area (TPSA) is 12.5 Å². The summed E-state index contributed by atoms with van der Waals surface area (Å²) in [6.07, 6.45) is 2.53. The molecule has 2 nitrogen and oxygen atoms in total. The Bertz CT molecular complexity index is 58.3. The Labute approximate surface area is 64.2 Å². The Morgan fingerprint density at radius 1 is 1.30 bits per heavy atom. The molecule has 0 aliphatic carbocycles. The molecule has 0 rings (SSSR count). The zero-order valence-electron chi connectivity index (χ0n) is 7.39. The summed E-state index contributed by atoms with van der Waals surface area (Å²) >= 11 is 0. The highest BCUT2D eigenvalue weighted by Crippen LogP contribution is 1.90. The summed E-state index contributed by atoms with van der Waals surface area (Å²) in [5.41, 5.74) is 0. The van der Waals surface area contributed by atoms with Gasteiger partial charge in [-0.2, -0.15) is 0 Å². The fourth-order valence-electron chi connectivity index (χ4n) is 0.740. The van der Waals surface area contributed by atoms with Crippen LogP contribution < -0.4 is 0 Å². The number of rotatable bonds is 6. The maximum absolute atomic E-state index is 5.22. The van der Waals surface area contributed by atoms with Crippen molar-refractivity contribution < 1.29 is 4.74 Å². The highest BCUT2D eigenvalue weighted by atomic mass is 16.4. The van der Waals surface area contributed by atoms with Crippen LogP contribution in [-0.2, 0) is 4.74 Å². The molecule has 0 radical (unpaired) electrons. The summed E-state index contributed by atoms with van der Waals surface area (Å²) in [6, 6.07) is 0. The molecular weight excluding hydrogens is 125 g/mol. The van der Waals surface area contributed by atoms with Gasteiger partial charge in [-0.1, -0.05) is 13.3 Å². The second kappa shape index (κ2) is 7.03. The zero-order valence-corrected chi connectivity index (χ0v) is 7.39. The Morgan fingerprint density at radius 3 is 2.50 bits per heavy atom. The number of ether oxygens (including phenoxy) is 1. The van der Waals surface area contributed by atoms with Gasteiger partial charge in [-0.15, -0.1) is 0 Å². The summed E-state index contributed by atoms with van der Waals surface area (Å²) in [4.78, 5) is 2.20. The molecule has 0 bridgehead atoms. The summed E-state index contributed by atoms with van der Waals surface area (Å²) in [5, 5.41) is 0. The van der Waals surface area contributed by atoms with Gasteiger partial charge in [0, 0.05) is 6.61 Å². The molecule has 0 saturated heterocycles. The van der Waals surface area contributed by atoms with Crippen molar-refractivity contribution in [1.29, 1.82) is 0 Å². The van der Waals surface area contributed by atoms with Crippen LogP contribution in [0.4, 0.5) is 0 Å². The van der Waals surface area contributed by atoms with Crippen LogP contribution >= 0.6 is 0 Å². The molecule has 0 heterocycles. The first kappa shape index (κ1) is 9.92. The predicted octanol–water partition coefficient (Wildman–Crippen LogP) is 1.71.